The molecule has 3 saturated heterocycles. The molecular formula is C40H53N9O4. The van der Waals surface area contributed by atoms with Crippen molar-refractivity contribution in [2.45, 2.75) is 83.1 Å². The molecule has 13 heteroatoms. The summed E-state index contributed by atoms with van der Waals surface area (Å²) >= 11 is 0. The Bertz CT molecular complexity index is 1790. The highest BCUT2D eigenvalue weighted by Gasteiger charge is 2.53. The lowest BCUT2D eigenvalue weighted by atomic mass is 9.77. The molecule has 0 radical (unpaired) electrons. The van der Waals surface area contributed by atoms with Crippen LogP contribution in [0.1, 0.15) is 69.5 Å². The van der Waals surface area contributed by atoms with E-state index in [0.717, 1.165) is 68.3 Å². The number of carbonyl (C=O) groups is 2. The fraction of sp³-hybridized carbons (Fsp3) is 0.575. The van der Waals surface area contributed by atoms with Crippen LogP contribution in [0.5, 0.6) is 5.88 Å². The Balaban J connectivity index is 0.825. The van der Waals surface area contributed by atoms with Gasteiger partial charge in [-0.15, -0.1) is 0 Å². The van der Waals surface area contributed by atoms with Crippen LogP contribution in [0.15, 0.2) is 55.0 Å². The number of aromatic nitrogens is 4. The molecule has 5 atom stereocenters. The molecule has 2 aromatic heterocycles. The van der Waals surface area contributed by atoms with Crippen molar-refractivity contribution in [3.63, 3.8) is 0 Å². The number of pyridine rings is 1. The predicted octanol–water partition coefficient (Wildman–Crippen LogP) is 3.70. The van der Waals surface area contributed by atoms with Gasteiger partial charge in [0.1, 0.15) is 6.33 Å². The lowest BCUT2D eigenvalue weighted by Crippen LogP contribution is -2.47. The van der Waals surface area contributed by atoms with Crippen LogP contribution >= 0.6 is 0 Å². The normalized spacial score (nSPS) is 27.5. The average molecular weight is 724 g/mol. The first-order valence-corrected chi connectivity index (χ1v) is 19.4. The molecule has 4 unspecified atom stereocenters. The summed E-state index contributed by atoms with van der Waals surface area (Å²) in [6, 6.07) is 13.2. The molecule has 53 heavy (non-hydrogen) atoms. The Morgan fingerprint density at radius 1 is 1.02 bits per heavy atom. The molecule has 5 aliphatic rings. The number of amides is 2. The standard InChI is InChI=1S/C40H53N9O4/c1-27(2)53-35-11-8-31(23-41-35)37-33-22-32(9-10-34(33)43-44-37)49-19-15-40(39(49)51)14-18-46(25-40)24-36(50)47-16-12-29(13-17-47)28-4-6-30(7-5-28)38-42-26-48(45-38)20-21-52-3/h4-8,11-12,23,26-27,32-34,37,43-44H,9-10,13-22,24-25H2,1-3H3/t32?,33?,34?,37?,40-/m0/s1. The van der Waals surface area contributed by atoms with Gasteiger partial charge in [0, 0.05) is 63.2 Å². The molecule has 1 aliphatic carbocycles. The number of carbonyl (C=O) groups excluding carboxylic acids is 2. The maximum Gasteiger partial charge on any atom is 0.237 e. The Morgan fingerprint density at radius 3 is 2.60 bits per heavy atom. The van der Waals surface area contributed by atoms with Crippen molar-refractivity contribution in [3.8, 4) is 17.3 Å². The number of nitrogens with one attached hydrogen (secondary N) is 2. The number of likely N-dealkylation sites (tertiary alicyclic amines) is 2. The van der Waals surface area contributed by atoms with E-state index in [4.69, 9.17) is 9.47 Å². The Hall–Kier alpha value is -4.17. The van der Waals surface area contributed by atoms with Gasteiger partial charge < -0.3 is 19.3 Å². The third-order valence-electron chi connectivity index (χ3n) is 12.1. The van der Waals surface area contributed by atoms with Gasteiger partial charge in [-0.2, -0.15) is 5.10 Å². The molecule has 1 spiro atoms. The first-order valence-electron chi connectivity index (χ1n) is 19.4. The molecule has 2 N–H and O–H groups in total. The summed E-state index contributed by atoms with van der Waals surface area (Å²) in [6.45, 7) is 9.23. The highest BCUT2D eigenvalue weighted by atomic mass is 16.5. The maximum atomic E-state index is 14.2. The zero-order valence-electron chi connectivity index (χ0n) is 31.2. The van der Waals surface area contributed by atoms with Crippen molar-refractivity contribution >= 4 is 17.4 Å². The van der Waals surface area contributed by atoms with Crippen molar-refractivity contribution < 1.29 is 19.1 Å². The van der Waals surface area contributed by atoms with Crippen LogP contribution < -0.4 is 15.6 Å². The molecule has 4 fully saturated rings. The number of methoxy groups -OCH3 is 1. The van der Waals surface area contributed by atoms with Crippen LogP contribution in [-0.4, -0.2) is 117 Å². The van der Waals surface area contributed by atoms with Crippen LogP contribution in [-0.2, 0) is 20.9 Å². The number of rotatable bonds is 11. The van der Waals surface area contributed by atoms with E-state index in [1.165, 1.54) is 5.57 Å². The molecule has 6 heterocycles. The van der Waals surface area contributed by atoms with E-state index in [1.807, 2.05) is 31.0 Å². The third kappa shape index (κ3) is 7.49. The molecule has 282 valence electrons. The van der Waals surface area contributed by atoms with Gasteiger partial charge in [0.25, 0.3) is 0 Å². The van der Waals surface area contributed by atoms with Gasteiger partial charge in [-0.3, -0.25) is 24.6 Å². The number of hydrogen-bond acceptors (Lipinski definition) is 10. The first-order chi connectivity index (χ1) is 25.8. The number of ether oxygens (including phenoxy) is 2. The van der Waals surface area contributed by atoms with Crippen LogP contribution in [0.25, 0.3) is 17.0 Å². The van der Waals surface area contributed by atoms with Gasteiger partial charge in [-0.25, -0.2) is 15.4 Å². The predicted molar refractivity (Wildman–Crippen MR) is 200 cm³/mol. The quantitative estimate of drug-likeness (QED) is 0.302. The van der Waals surface area contributed by atoms with Crippen LogP contribution in [0.4, 0.5) is 0 Å². The van der Waals surface area contributed by atoms with Crippen molar-refractivity contribution in [1.82, 2.24) is 45.3 Å². The molecule has 1 saturated carbocycles. The molecule has 2 amide bonds. The second-order valence-corrected chi connectivity index (χ2v) is 15.8. The van der Waals surface area contributed by atoms with E-state index in [-0.39, 0.29) is 29.5 Å². The largest absolute Gasteiger partial charge is 0.475 e. The summed E-state index contributed by atoms with van der Waals surface area (Å²) in [6.07, 6.45) is 11.5. The molecule has 8 rings (SSSR count). The van der Waals surface area contributed by atoms with E-state index in [1.54, 1.807) is 18.1 Å². The molecule has 0 bridgehead atoms. The number of hydrazine groups is 1. The second-order valence-electron chi connectivity index (χ2n) is 15.8. The number of fused-ring (bicyclic) bond motifs is 1. The smallest absolute Gasteiger partial charge is 0.237 e. The van der Waals surface area contributed by atoms with Crippen molar-refractivity contribution in [1.29, 1.82) is 0 Å². The van der Waals surface area contributed by atoms with Crippen LogP contribution in [0, 0.1) is 11.3 Å². The molecule has 13 nitrogen and oxygen atoms in total. The Kier molecular flexibility index (Phi) is 10.3. The first kappa shape index (κ1) is 35.8. The topological polar surface area (TPSA) is 130 Å². The maximum absolute atomic E-state index is 14.2. The summed E-state index contributed by atoms with van der Waals surface area (Å²) < 4.78 is 12.7. The Labute approximate surface area is 312 Å². The van der Waals surface area contributed by atoms with Crippen molar-refractivity contribution in [3.05, 3.63) is 66.1 Å². The second kappa shape index (κ2) is 15.3. The lowest BCUT2D eigenvalue weighted by molar-refractivity contribution is -0.139. The highest BCUT2D eigenvalue weighted by molar-refractivity contribution is 5.86. The van der Waals surface area contributed by atoms with Crippen LogP contribution in [0.3, 0.4) is 0 Å². The number of benzene rings is 1. The van der Waals surface area contributed by atoms with Gasteiger partial charge >= 0.3 is 0 Å². The molecule has 3 aromatic rings. The van der Waals surface area contributed by atoms with Gasteiger partial charge in [0.2, 0.25) is 17.7 Å². The summed E-state index contributed by atoms with van der Waals surface area (Å²) in [7, 11) is 1.68. The SMILES string of the molecule is COCCn1cnc(-c2ccc(C3=CCN(C(=O)CN4CC[C@]5(CCN(C6CCC7NNC(c8ccc(OC(C)C)nc8)C7C6)C5=O)C4)CC3)cc2)n1. The van der Waals surface area contributed by atoms with E-state index in [0.29, 0.717) is 68.9 Å². The summed E-state index contributed by atoms with van der Waals surface area (Å²) in [5.74, 6) is 2.17. The summed E-state index contributed by atoms with van der Waals surface area (Å²) in [4.78, 5) is 43.0. The summed E-state index contributed by atoms with van der Waals surface area (Å²) in [5, 5.41) is 4.55. The fourth-order valence-electron chi connectivity index (χ4n) is 9.20. The number of hydrogen-bond donors (Lipinski definition) is 2. The summed E-state index contributed by atoms with van der Waals surface area (Å²) in [5.41, 5.74) is 11.2. The minimum absolute atomic E-state index is 0.0855. The van der Waals surface area contributed by atoms with E-state index in [2.05, 4.69) is 72.1 Å². The van der Waals surface area contributed by atoms with Crippen LogP contribution in [0.2, 0.25) is 0 Å². The van der Waals surface area contributed by atoms with Crippen molar-refractivity contribution in [2.24, 2.45) is 11.3 Å². The zero-order chi connectivity index (χ0) is 36.5. The number of nitrogens with zero attached hydrogens (tertiary/aromatic N) is 7. The third-order valence-corrected chi connectivity index (χ3v) is 12.1. The van der Waals surface area contributed by atoms with E-state index < -0.39 is 0 Å². The van der Waals surface area contributed by atoms with Gasteiger partial charge in [-0.05, 0) is 81.5 Å². The van der Waals surface area contributed by atoms with Gasteiger partial charge in [0.05, 0.1) is 37.3 Å². The minimum Gasteiger partial charge on any atom is -0.475 e. The minimum atomic E-state index is -0.364. The van der Waals surface area contributed by atoms with E-state index in [9.17, 15) is 9.59 Å². The fourth-order valence-corrected chi connectivity index (χ4v) is 9.20. The highest BCUT2D eigenvalue weighted by Crippen LogP contribution is 2.45. The van der Waals surface area contributed by atoms with E-state index >= 15 is 0 Å². The monoisotopic (exact) mass is 723 g/mol. The molecule has 1 aromatic carbocycles. The molecule has 4 aliphatic heterocycles. The molecular weight excluding hydrogens is 670 g/mol. The lowest BCUT2D eigenvalue weighted by Gasteiger charge is -2.38. The Morgan fingerprint density at radius 2 is 1.85 bits per heavy atom. The van der Waals surface area contributed by atoms with Crippen molar-refractivity contribution in [2.75, 3.05) is 53.0 Å². The van der Waals surface area contributed by atoms with Gasteiger partial charge in [-0.1, -0.05) is 36.4 Å². The average Bonchev–Trinajstić information content (AvgIpc) is 3.98. The van der Waals surface area contributed by atoms with Gasteiger partial charge in [0.15, 0.2) is 5.82 Å². The zero-order valence-corrected chi connectivity index (χ0v) is 31.2.